The Bertz CT molecular complexity index is 805. The summed E-state index contributed by atoms with van der Waals surface area (Å²) < 4.78 is 6.10. The number of fused-ring (bicyclic) bond motifs is 3. The van der Waals surface area contributed by atoms with Gasteiger partial charge in [0.15, 0.2) is 0 Å². The minimum absolute atomic E-state index is 0.0920. The Hall–Kier alpha value is -2.34. The van der Waals surface area contributed by atoms with Gasteiger partial charge in [-0.3, -0.25) is 14.5 Å². The Morgan fingerprint density at radius 3 is 2.72 bits per heavy atom. The van der Waals surface area contributed by atoms with Gasteiger partial charge in [0.05, 0.1) is 6.54 Å². The zero-order valence-electron chi connectivity index (χ0n) is 20.0. The number of amides is 2. The van der Waals surface area contributed by atoms with Gasteiger partial charge in [-0.05, 0) is 44.1 Å². The fraction of sp³-hybridized carbons (Fsp3) is 0.615. The number of nitrogens with one attached hydrogen (secondary N) is 1. The average molecular weight is 442 g/mol. The van der Waals surface area contributed by atoms with Gasteiger partial charge in [0, 0.05) is 44.2 Å². The van der Waals surface area contributed by atoms with Gasteiger partial charge in [-0.25, -0.2) is 0 Å². The van der Waals surface area contributed by atoms with Crippen LogP contribution in [0.2, 0.25) is 0 Å². The second-order valence-electron chi connectivity index (χ2n) is 9.89. The lowest BCUT2D eigenvalue weighted by molar-refractivity contribution is -0.135. The van der Waals surface area contributed by atoms with Gasteiger partial charge in [0.25, 0.3) is 0 Å². The third-order valence-corrected chi connectivity index (χ3v) is 6.12. The normalized spacial score (nSPS) is 23.6. The Labute approximate surface area is 193 Å². The van der Waals surface area contributed by atoms with Crippen LogP contribution in [0.3, 0.4) is 0 Å². The summed E-state index contributed by atoms with van der Waals surface area (Å²) in [4.78, 5) is 29.9. The lowest BCUT2D eigenvalue weighted by atomic mass is 9.82. The molecule has 0 saturated carbocycles. The van der Waals surface area contributed by atoms with Gasteiger partial charge >= 0.3 is 0 Å². The highest BCUT2D eigenvalue weighted by molar-refractivity contribution is 5.79. The van der Waals surface area contributed by atoms with Crippen LogP contribution < -0.4 is 10.1 Å². The molecule has 2 bridgehead atoms. The van der Waals surface area contributed by atoms with Crippen molar-refractivity contribution in [2.45, 2.75) is 53.1 Å². The summed E-state index contributed by atoms with van der Waals surface area (Å²) in [5.74, 6) is 1.99. The fourth-order valence-electron chi connectivity index (χ4n) is 4.72. The largest absolute Gasteiger partial charge is 0.489 e. The highest BCUT2D eigenvalue weighted by Crippen LogP contribution is 2.29. The number of piperidine rings is 1. The number of nitrogens with zero attached hydrogens (tertiary/aromatic N) is 2. The molecule has 0 unspecified atom stereocenters. The van der Waals surface area contributed by atoms with E-state index < -0.39 is 0 Å². The van der Waals surface area contributed by atoms with E-state index >= 15 is 0 Å². The van der Waals surface area contributed by atoms with Crippen molar-refractivity contribution >= 4 is 11.8 Å². The third kappa shape index (κ3) is 7.09. The first-order chi connectivity index (χ1) is 15.3. The van der Waals surface area contributed by atoms with Crippen molar-refractivity contribution in [2.75, 3.05) is 32.8 Å². The monoisotopic (exact) mass is 441 g/mol. The number of benzene rings is 1. The molecule has 1 fully saturated rings. The second kappa shape index (κ2) is 11.5. The number of carbonyl (C=O) groups excluding carboxylic acids is 2. The molecule has 1 aromatic rings. The van der Waals surface area contributed by atoms with Crippen molar-refractivity contribution in [1.82, 2.24) is 15.1 Å². The highest BCUT2D eigenvalue weighted by Gasteiger charge is 2.32. The third-order valence-electron chi connectivity index (χ3n) is 6.12. The molecule has 0 radical (unpaired) electrons. The maximum atomic E-state index is 13.3. The molecule has 2 heterocycles. The molecule has 6 nitrogen and oxygen atoms in total. The van der Waals surface area contributed by atoms with Crippen LogP contribution in [-0.2, 0) is 16.1 Å². The molecule has 2 aliphatic rings. The van der Waals surface area contributed by atoms with Crippen LogP contribution in [0.15, 0.2) is 36.4 Å². The Kier molecular flexibility index (Phi) is 8.74. The summed E-state index contributed by atoms with van der Waals surface area (Å²) in [5, 5.41) is 3.01. The molecule has 2 amide bonds. The summed E-state index contributed by atoms with van der Waals surface area (Å²) in [6.45, 7) is 12.1. The van der Waals surface area contributed by atoms with Gasteiger partial charge in [0.2, 0.25) is 11.8 Å². The number of ether oxygens (including phenoxy) is 1. The molecule has 2 atom stereocenters. The lowest BCUT2D eigenvalue weighted by Crippen LogP contribution is -2.48. The lowest BCUT2D eigenvalue weighted by Gasteiger charge is -2.38. The molecule has 0 aliphatic carbocycles. The molecule has 6 heteroatoms. The molecule has 176 valence electrons. The van der Waals surface area contributed by atoms with Crippen molar-refractivity contribution in [3.8, 4) is 5.75 Å². The minimum atomic E-state index is 0.0920. The van der Waals surface area contributed by atoms with Crippen molar-refractivity contribution in [1.29, 1.82) is 0 Å². The molecule has 0 spiro atoms. The van der Waals surface area contributed by atoms with E-state index in [-0.39, 0.29) is 29.7 Å². The van der Waals surface area contributed by atoms with Crippen molar-refractivity contribution in [3.63, 3.8) is 0 Å². The maximum Gasteiger partial charge on any atom is 0.236 e. The van der Waals surface area contributed by atoms with E-state index in [1.165, 1.54) is 0 Å². The summed E-state index contributed by atoms with van der Waals surface area (Å²) in [5.41, 5.74) is 1.11. The SMILES string of the molecule is CC(C)CN1CC(=O)N2CC[C@@H](CC(=O)NC(C)C)[C@@H](/C=C\COc3ccccc3C1)C2. The first-order valence-corrected chi connectivity index (χ1v) is 12.0. The summed E-state index contributed by atoms with van der Waals surface area (Å²) in [7, 11) is 0. The predicted octanol–water partition coefficient (Wildman–Crippen LogP) is 3.47. The molecule has 32 heavy (non-hydrogen) atoms. The van der Waals surface area contributed by atoms with Gasteiger partial charge in [-0.15, -0.1) is 0 Å². The molecule has 0 aromatic heterocycles. The van der Waals surface area contributed by atoms with E-state index in [4.69, 9.17) is 4.74 Å². The van der Waals surface area contributed by atoms with Crippen molar-refractivity contribution in [2.24, 2.45) is 17.8 Å². The van der Waals surface area contributed by atoms with Crippen LogP contribution in [0.25, 0.3) is 0 Å². The molecule has 1 N–H and O–H groups in total. The molecule has 1 saturated heterocycles. The first-order valence-electron chi connectivity index (χ1n) is 12.0. The van der Waals surface area contributed by atoms with E-state index in [0.717, 1.165) is 24.3 Å². The first kappa shape index (κ1) is 24.3. The molecule has 2 aliphatic heterocycles. The van der Waals surface area contributed by atoms with Crippen LogP contribution in [0.5, 0.6) is 5.75 Å². The molecule has 1 aromatic carbocycles. The summed E-state index contributed by atoms with van der Waals surface area (Å²) in [6.07, 6.45) is 5.54. The van der Waals surface area contributed by atoms with E-state index in [1.54, 1.807) is 0 Å². The zero-order chi connectivity index (χ0) is 23.1. The quantitative estimate of drug-likeness (QED) is 0.711. The van der Waals surface area contributed by atoms with Gasteiger partial charge in [-0.2, -0.15) is 0 Å². The molecular weight excluding hydrogens is 402 g/mol. The van der Waals surface area contributed by atoms with Crippen molar-refractivity contribution in [3.05, 3.63) is 42.0 Å². The average Bonchev–Trinajstić information content (AvgIpc) is 2.72. The van der Waals surface area contributed by atoms with E-state index in [0.29, 0.717) is 45.1 Å². The summed E-state index contributed by atoms with van der Waals surface area (Å²) >= 11 is 0. The van der Waals surface area contributed by atoms with Crippen LogP contribution >= 0.6 is 0 Å². The van der Waals surface area contributed by atoms with Crippen molar-refractivity contribution < 1.29 is 14.3 Å². The Morgan fingerprint density at radius 2 is 1.97 bits per heavy atom. The molecular formula is C26H39N3O3. The standard InChI is InChI=1S/C26H39N3O3/c1-19(2)15-28-16-23-8-5-6-10-24(23)32-13-7-9-22-17-29(26(31)18-28)12-11-21(22)14-25(30)27-20(3)4/h5-10,19-22H,11-18H2,1-4H3,(H,27,30)/b9-7-/t21-,22-/m0/s1. The zero-order valence-corrected chi connectivity index (χ0v) is 20.0. The predicted molar refractivity (Wildman–Crippen MR) is 127 cm³/mol. The number of hydrogen-bond donors (Lipinski definition) is 1. The second-order valence-corrected chi connectivity index (χ2v) is 9.89. The maximum absolute atomic E-state index is 13.3. The Morgan fingerprint density at radius 1 is 1.19 bits per heavy atom. The van der Waals surface area contributed by atoms with E-state index in [1.807, 2.05) is 43.0 Å². The number of carbonyl (C=O) groups is 2. The van der Waals surface area contributed by atoms with Gasteiger partial charge in [-0.1, -0.05) is 44.2 Å². The minimum Gasteiger partial charge on any atom is -0.489 e. The number of rotatable bonds is 5. The molecule has 3 rings (SSSR count). The number of para-hydroxylation sites is 1. The van der Waals surface area contributed by atoms with Crippen LogP contribution in [0.1, 0.15) is 46.1 Å². The van der Waals surface area contributed by atoms with Gasteiger partial charge < -0.3 is 15.0 Å². The van der Waals surface area contributed by atoms with E-state index in [2.05, 4.69) is 36.2 Å². The number of hydrogen-bond acceptors (Lipinski definition) is 4. The smallest absolute Gasteiger partial charge is 0.236 e. The van der Waals surface area contributed by atoms with Crippen LogP contribution in [0.4, 0.5) is 0 Å². The fourth-order valence-corrected chi connectivity index (χ4v) is 4.72. The van der Waals surface area contributed by atoms with E-state index in [9.17, 15) is 9.59 Å². The highest BCUT2D eigenvalue weighted by atomic mass is 16.5. The van der Waals surface area contributed by atoms with Gasteiger partial charge in [0.1, 0.15) is 12.4 Å². The van der Waals surface area contributed by atoms with Crippen LogP contribution in [0, 0.1) is 17.8 Å². The Balaban J connectivity index is 1.80. The van der Waals surface area contributed by atoms with Crippen LogP contribution in [-0.4, -0.2) is 60.4 Å². The summed E-state index contributed by atoms with van der Waals surface area (Å²) in [6, 6.07) is 8.23. The topological polar surface area (TPSA) is 61.9 Å².